The largest absolute Gasteiger partial charge is 0.504 e. The van der Waals surface area contributed by atoms with Crippen LogP contribution in [0.5, 0.6) is 11.5 Å². The third-order valence-corrected chi connectivity index (χ3v) is 5.92. The molecule has 0 unspecified atom stereocenters. The van der Waals surface area contributed by atoms with Crippen molar-refractivity contribution in [3.63, 3.8) is 0 Å². The Balaban J connectivity index is 2.40. The average Bonchev–Trinajstić information content (AvgIpc) is 2.99. The molecule has 0 radical (unpaired) electrons. The number of nitro groups is 1. The maximum Gasteiger partial charge on any atom is 0.315 e. The standard InChI is InChI=1S/C33H41N3O7/c1-3-5-6-7-8-9-10-11-12-13-14-15-16-17-18-19-20-31(38)43-22-21-35(4-2)33(40)28(26-34)23-27-24-29(36(41)42)32(39)30(37)25-27/h5-6,8-9,11-12,14-15,17-18,23-25,37,39H,3-4,7,10,13,16,19-22H2,1-2H3. The van der Waals surface area contributed by atoms with Crippen molar-refractivity contribution in [3.05, 3.63) is 94.1 Å². The van der Waals surface area contributed by atoms with Gasteiger partial charge in [-0.2, -0.15) is 5.26 Å². The van der Waals surface area contributed by atoms with Gasteiger partial charge in [-0.1, -0.05) is 67.7 Å². The summed E-state index contributed by atoms with van der Waals surface area (Å²) in [5.74, 6) is -2.75. The average molecular weight is 592 g/mol. The Morgan fingerprint density at radius 1 is 0.953 bits per heavy atom. The Kier molecular flexibility index (Phi) is 18.3. The first-order valence-electron chi connectivity index (χ1n) is 14.3. The number of phenolic OH excluding ortho intramolecular Hbond substituents is 2. The number of benzene rings is 1. The second-order valence-corrected chi connectivity index (χ2v) is 9.19. The molecule has 0 spiro atoms. The third-order valence-electron chi connectivity index (χ3n) is 5.92. The first-order valence-corrected chi connectivity index (χ1v) is 14.3. The van der Waals surface area contributed by atoms with E-state index in [0.29, 0.717) is 6.42 Å². The number of nitro benzene ring substituents is 1. The van der Waals surface area contributed by atoms with Crippen LogP contribution in [0.3, 0.4) is 0 Å². The highest BCUT2D eigenvalue weighted by Gasteiger charge is 2.21. The molecule has 0 heterocycles. The molecule has 10 heteroatoms. The smallest absolute Gasteiger partial charge is 0.315 e. The van der Waals surface area contributed by atoms with Gasteiger partial charge in [-0.25, -0.2) is 0 Å². The minimum absolute atomic E-state index is 0.00979. The van der Waals surface area contributed by atoms with Crippen LogP contribution in [0.1, 0.15) is 64.4 Å². The van der Waals surface area contributed by atoms with Gasteiger partial charge in [0.1, 0.15) is 18.2 Å². The van der Waals surface area contributed by atoms with Crippen molar-refractivity contribution in [1.82, 2.24) is 4.90 Å². The normalized spacial score (nSPS) is 12.2. The van der Waals surface area contributed by atoms with Crippen molar-refractivity contribution in [2.75, 3.05) is 19.7 Å². The fourth-order valence-corrected chi connectivity index (χ4v) is 3.64. The van der Waals surface area contributed by atoms with E-state index >= 15 is 0 Å². The summed E-state index contributed by atoms with van der Waals surface area (Å²) in [4.78, 5) is 36.3. The number of amides is 1. The van der Waals surface area contributed by atoms with Crippen molar-refractivity contribution in [2.24, 2.45) is 0 Å². The van der Waals surface area contributed by atoms with Crippen molar-refractivity contribution >= 4 is 23.6 Å². The van der Waals surface area contributed by atoms with Gasteiger partial charge in [0.25, 0.3) is 5.91 Å². The molecule has 0 atom stereocenters. The third kappa shape index (κ3) is 15.0. The highest BCUT2D eigenvalue weighted by molar-refractivity contribution is 6.01. The first kappa shape index (κ1) is 36.1. The van der Waals surface area contributed by atoms with Crippen LogP contribution in [0.2, 0.25) is 0 Å². The summed E-state index contributed by atoms with van der Waals surface area (Å²) in [6, 6.07) is 3.69. The van der Waals surface area contributed by atoms with Crippen LogP contribution < -0.4 is 0 Å². The lowest BCUT2D eigenvalue weighted by Crippen LogP contribution is -2.35. The summed E-state index contributed by atoms with van der Waals surface area (Å²) in [6.45, 7) is 4.01. The zero-order chi connectivity index (χ0) is 31.9. The van der Waals surface area contributed by atoms with E-state index in [2.05, 4.69) is 55.5 Å². The predicted molar refractivity (Wildman–Crippen MR) is 167 cm³/mol. The molecule has 0 saturated heterocycles. The van der Waals surface area contributed by atoms with E-state index in [1.165, 1.54) is 4.90 Å². The summed E-state index contributed by atoms with van der Waals surface area (Å²) < 4.78 is 5.22. The molecule has 43 heavy (non-hydrogen) atoms. The number of nitrogens with zero attached hydrogens (tertiary/aromatic N) is 3. The molecule has 230 valence electrons. The van der Waals surface area contributed by atoms with E-state index in [-0.39, 0.29) is 37.3 Å². The Bertz CT molecular complexity index is 1280. The topological polar surface area (TPSA) is 154 Å². The summed E-state index contributed by atoms with van der Waals surface area (Å²) in [5.41, 5.74) is -1.12. The first-order chi connectivity index (χ1) is 20.7. The quantitative estimate of drug-likeness (QED) is 0.0337. The molecule has 0 fully saturated rings. The zero-order valence-corrected chi connectivity index (χ0v) is 24.9. The lowest BCUT2D eigenvalue weighted by molar-refractivity contribution is -0.386. The molecular weight excluding hydrogens is 550 g/mol. The Morgan fingerprint density at radius 2 is 1.51 bits per heavy atom. The number of hydrogen-bond acceptors (Lipinski definition) is 8. The molecule has 2 N–H and O–H groups in total. The van der Waals surface area contributed by atoms with Crippen LogP contribution in [0.25, 0.3) is 6.08 Å². The second kappa shape index (κ2) is 21.8. The van der Waals surface area contributed by atoms with Gasteiger partial charge >= 0.3 is 11.7 Å². The summed E-state index contributed by atoms with van der Waals surface area (Å²) in [5, 5.41) is 39.9. The van der Waals surface area contributed by atoms with Gasteiger partial charge in [-0.05, 0) is 63.2 Å². The van der Waals surface area contributed by atoms with Gasteiger partial charge in [0, 0.05) is 19.0 Å². The number of esters is 1. The van der Waals surface area contributed by atoms with Crippen molar-refractivity contribution in [3.8, 4) is 17.6 Å². The number of nitriles is 1. The van der Waals surface area contributed by atoms with Gasteiger partial charge in [0.2, 0.25) is 5.75 Å². The highest BCUT2D eigenvalue weighted by atomic mass is 16.6. The molecule has 0 aliphatic carbocycles. The van der Waals surface area contributed by atoms with Crippen LogP contribution in [0, 0.1) is 21.4 Å². The van der Waals surface area contributed by atoms with E-state index in [1.807, 2.05) is 12.2 Å². The maximum atomic E-state index is 12.8. The molecule has 0 aliphatic heterocycles. The Hall–Kier alpha value is -4.91. The van der Waals surface area contributed by atoms with E-state index in [4.69, 9.17) is 4.74 Å². The number of rotatable bonds is 19. The minimum atomic E-state index is -0.912. The molecule has 0 aromatic heterocycles. The van der Waals surface area contributed by atoms with Gasteiger partial charge in [-0.15, -0.1) is 0 Å². The van der Waals surface area contributed by atoms with E-state index in [1.54, 1.807) is 13.0 Å². The van der Waals surface area contributed by atoms with E-state index < -0.39 is 34.0 Å². The number of ether oxygens (including phenoxy) is 1. The summed E-state index contributed by atoms with van der Waals surface area (Å²) in [7, 11) is 0. The number of carbonyl (C=O) groups is 2. The fourth-order valence-electron chi connectivity index (χ4n) is 3.64. The Morgan fingerprint density at radius 3 is 2.02 bits per heavy atom. The van der Waals surface area contributed by atoms with Crippen molar-refractivity contribution in [1.29, 1.82) is 5.26 Å². The van der Waals surface area contributed by atoms with E-state index in [9.17, 15) is 35.2 Å². The lowest BCUT2D eigenvalue weighted by Gasteiger charge is -2.20. The molecule has 10 nitrogen and oxygen atoms in total. The molecule has 0 saturated carbocycles. The number of hydrogen-bond donors (Lipinski definition) is 2. The molecule has 1 aromatic carbocycles. The number of allylic oxidation sites excluding steroid dienone is 10. The molecule has 1 rings (SSSR count). The fraction of sp³-hybridized carbons (Fsp3) is 0.364. The number of likely N-dealkylation sites (N-methyl/N-ethyl adjacent to an activating group) is 1. The monoisotopic (exact) mass is 591 g/mol. The van der Waals surface area contributed by atoms with Crippen LogP contribution in [-0.4, -0.2) is 51.6 Å². The number of phenols is 2. The van der Waals surface area contributed by atoms with Crippen LogP contribution in [0.4, 0.5) is 5.69 Å². The molecule has 0 aliphatic rings. The highest BCUT2D eigenvalue weighted by Crippen LogP contribution is 2.36. The maximum absolute atomic E-state index is 12.8. The lowest BCUT2D eigenvalue weighted by atomic mass is 10.1. The molecule has 1 amide bonds. The second-order valence-electron chi connectivity index (χ2n) is 9.19. The predicted octanol–water partition coefficient (Wildman–Crippen LogP) is 6.84. The van der Waals surface area contributed by atoms with Crippen molar-refractivity contribution in [2.45, 2.75) is 58.8 Å². The number of carbonyl (C=O) groups excluding carboxylic acids is 2. The van der Waals surface area contributed by atoms with Crippen LogP contribution in [0.15, 0.2) is 78.5 Å². The number of aromatic hydroxyl groups is 2. The molecular formula is C33H41N3O7. The summed E-state index contributed by atoms with van der Waals surface area (Å²) in [6.07, 6.45) is 27.4. The molecule has 1 aromatic rings. The van der Waals surface area contributed by atoms with Crippen LogP contribution in [-0.2, 0) is 14.3 Å². The van der Waals surface area contributed by atoms with E-state index in [0.717, 1.165) is 50.3 Å². The van der Waals surface area contributed by atoms with Crippen molar-refractivity contribution < 1.29 is 29.5 Å². The molecule has 0 bridgehead atoms. The van der Waals surface area contributed by atoms with Gasteiger partial charge in [0.05, 0.1) is 11.5 Å². The van der Waals surface area contributed by atoms with Gasteiger partial charge < -0.3 is 19.8 Å². The Labute approximate surface area is 253 Å². The van der Waals surface area contributed by atoms with Crippen LogP contribution >= 0.6 is 0 Å². The van der Waals surface area contributed by atoms with Gasteiger partial charge in [-0.3, -0.25) is 19.7 Å². The minimum Gasteiger partial charge on any atom is -0.504 e. The SMILES string of the molecule is CCC=CCC=CCC=CCC=CCC=CCCC(=O)OCCN(CC)C(=O)C(C#N)=Cc1cc(O)c(O)c([N+](=O)[O-])c1. The van der Waals surface area contributed by atoms with Gasteiger partial charge in [0.15, 0.2) is 5.75 Å². The zero-order valence-electron chi connectivity index (χ0n) is 24.9. The summed E-state index contributed by atoms with van der Waals surface area (Å²) >= 11 is 0.